The van der Waals surface area contributed by atoms with Crippen LogP contribution >= 0.6 is 0 Å². The number of carbonyl (C=O) groups excluding carboxylic acids is 2. The molecule has 0 spiro atoms. The molecule has 1 aromatic carbocycles. The highest BCUT2D eigenvalue weighted by Gasteiger charge is 2.22. The summed E-state index contributed by atoms with van der Waals surface area (Å²) in [6.45, 7) is 0.966. The maximum absolute atomic E-state index is 13.7. The first-order chi connectivity index (χ1) is 10.1. The summed E-state index contributed by atoms with van der Waals surface area (Å²) in [6, 6.07) is 4.73. The van der Waals surface area contributed by atoms with E-state index < -0.39 is 11.8 Å². The molecule has 2 rings (SSSR count). The van der Waals surface area contributed by atoms with Crippen LogP contribution in [-0.4, -0.2) is 31.6 Å². The second-order valence-corrected chi connectivity index (χ2v) is 5.07. The summed E-state index contributed by atoms with van der Waals surface area (Å²) in [5.41, 5.74) is 0.632. The normalized spacial score (nSPS) is 13.8. The summed E-state index contributed by atoms with van der Waals surface area (Å²) in [6.07, 6.45) is 2.55. The topological polar surface area (TPSA) is 67.4 Å². The predicted octanol–water partition coefficient (Wildman–Crippen LogP) is 1.37. The van der Waals surface area contributed by atoms with Gasteiger partial charge in [-0.2, -0.15) is 0 Å². The van der Waals surface area contributed by atoms with Crippen molar-refractivity contribution in [1.82, 2.24) is 10.6 Å². The molecule has 0 aromatic heterocycles. The number of hydrogen-bond acceptors (Lipinski definition) is 4. The highest BCUT2D eigenvalue weighted by atomic mass is 19.1. The number of hydrogen-bond donors (Lipinski definition) is 2. The number of halogens is 1. The first-order valence-corrected chi connectivity index (χ1v) is 6.97. The van der Waals surface area contributed by atoms with Gasteiger partial charge in [-0.05, 0) is 30.5 Å². The van der Waals surface area contributed by atoms with E-state index in [1.165, 1.54) is 19.2 Å². The molecule has 1 aromatic rings. The van der Waals surface area contributed by atoms with Crippen LogP contribution in [0.3, 0.4) is 0 Å². The van der Waals surface area contributed by atoms with Crippen molar-refractivity contribution in [3.8, 4) is 0 Å². The maximum Gasteiger partial charge on any atom is 0.340 e. The fourth-order valence-electron chi connectivity index (χ4n) is 1.91. The van der Waals surface area contributed by atoms with Crippen LogP contribution in [0.5, 0.6) is 0 Å². The lowest BCUT2D eigenvalue weighted by Crippen LogP contribution is -2.29. The molecule has 5 nitrogen and oxygen atoms in total. The molecule has 114 valence electrons. The summed E-state index contributed by atoms with van der Waals surface area (Å²) in [5.74, 6) is -1.26. The van der Waals surface area contributed by atoms with Gasteiger partial charge in [0.25, 0.3) is 0 Å². The van der Waals surface area contributed by atoms with Crippen LogP contribution in [0.15, 0.2) is 18.2 Å². The molecule has 1 amide bonds. The second kappa shape index (κ2) is 7.17. The Hall–Kier alpha value is -1.95. The Balaban J connectivity index is 1.74. The van der Waals surface area contributed by atoms with E-state index in [0.717, 1.165) is 12.8 Å². The number of amides is 1. The maximum atomic E-state index is 13.7. The fourth-order valence-corrected chi connectivity index (χ4v) is 1.91. The predicted molar refractivity (Wildman–Crippen MR) is 75.2 cm³/mol. The summed E-state index contributed by atoms with van der Waals surface area (Å²) in [4.78, 5) is 22.7. The Morgan fingerprint density at radius 1 is 1.38 bits per heavy atom. The smallest absolute Gasteiger partial charge is 0.340 e. The molecule has 1 fully saturated rings. The second-order valence-electron chi connectivity index (χ2n) is 5.07. The zero-order valence-electron chi connectivity index (χ0n) is 11.9. The van der Waals surface area contributed by atoms with E-state index in [1.807, 2.05) is 0 Å². The van der Waals surface area contributed by atoms with Gasteiger partial charge in [-0.1, -0.05) is 6.07 Å². The Kier molecular flexibility index (Phi) is 5.27. The SMILES string of the molecule is COC(=O)c1ccc(CNCCC(=O)NC2CC2)cc1F. The third-order valence-corrected chi connectivity index (χ3v) is 3.24. The molecule has 0 unspecified atom stereocenters. The van der Waals surface area contributed by atoms with Gasteiger partial charge in [0.05, 0.1) is 12.7 Å². The van der Waals surface area contributed by atoms with Gasteiger partial charge in [0.1, 0.15) is 5.82 Å². The zero-order chi connectivity index (χ0) is 15.2. The molecule has 1 saturated carbocycles. The molecule has 21 heavy (non-hydrogen) atoms. The number of esters is 1. The number of nitrogens with one attached hydrogen (secondary N) is 2. The lowest BCUT2D eigenvalue weighted by molar-refractivity contribution is -0.121. The quantitative estimate of drug-likeness (QED) is 0.589. The van der Waals surface area contributed by atoms with Crippen LogP contribution in [0.4, 0.5) is 4.39 Å². The average Bonchev–Trinajstić information content (AvgIpc) is 3.27. The van der Waals surface area contributed by atoms with Gasteiger partial charge in [-0.15, -0.1) is 0 Å². The van der Waals surface area contributed by atoms with Crippen molar-refractivity contribution in [3.63, 3.8) is 0 Å². The number of methoxy groups -OCH3 is 1. The van der Waals surface area contributed by atoms with Crippen molar-refractivity contribution in [2.75, 3.05) is 13.7 Å². The number of benzene rings is 1. The number of carbonyl (C=O) groups is 2. The van der Waals surface area contributed by atoms with E-state index in [0.29, 0.717) is 31.1 Å². The first-order valence-electron chi connectivity index (χ1n) is 6.97. The highest BCUT2D eigenvalue weighted by molar-refractivity contribution is 5.89. The summed E-state index contributed by atoms with van der Waals surface area (Å²) < 4.78 is 18.2. The highest BCUT2D eigenvalue weighted by Crippen LogP contribution is 2.18. The largest absolute Gasteiger partial charge is 0.465 e. The molecule has 0 radical (unpaired) electrons. The van der Waals surface area contributed by atoms with Crippen LogP contribution in [0, 0.1) is 5.82 Å². The minimum atomic E-state index is -0.691. The van der Waals surface area contributed by atoms with Crippen LogP contribution in [0.1, 0.15) is 35.2 Å². The summed E-state index contributed by atoms with van der Waals surface area (Å²) >= 11 is 0. The summed E-state index contributed by atoms with van der Waals surface area (Å²) in [7, 11) is 1.21. The van der Waals surface area contributed by atoms with E-state index in [-0.39, 0.29) is 11.5 Å². The van der Waals surface area contributed by atoms with E-state index in [4.69, 9.17) is 0 Å². The molecular formula is C15H19FN2O3. The molecule has 1 aliphatic carbocycles. The zero-order valence-corrected chi connectivity index (χ0v) is 11.9. The van der Waals surface area contributed by atoms with Crippen LogP contribution in [0.25, 0.3) is 0 Å². The van der Waals surface area contributed by atoms with Gasteiger partial charge < -0.3 is 15.4 Å². The summed E-state index contributed by atoms with van der Waals surface area (Å²) in [5, 5.41) is 5.97. The van der Waals surface area contributed by atoms with E-state index in [1.54, 1.807) is 6.07 Å². The lowest BCUT2D eigenvalue weighted by atomic mass is 10.1. The Morgan fingerprint density at radius 3 is 2.76 bits per heavy atom. The van der Waals surface area contributed by atoms with E-state index in [9.17, 15) is 14.0 Å². The third kappa shape index (κ3) is 4.82. The molecule has 0 bridgehead atoms. The molecule has 0 atom stereocenters. The van der Waals surface area contributed by atoms with Crippen molar-refractivity contribution in [2.24, 2.45) is 0 Å². The van der Waals surface area contributed by atoms with Crippen molar-refractivity contribution in [2.45, 2.75) is 31.8 Å². The molecule has 1 aliphatic rings. The third-order valence-electron chi connectivity index (χ3n) is 3.24. The lowest BCUT2D eigenvalue weighted by Gasteiger charge is -2.07. The molecule has 6 heteroatoms. The van der Waals surface area contributed by atoms with E-state index in [2.05, 4.69) is 15.4 Å². The van der Waals surface area contributed by atoms with Gasteiger partial charge in [0.2, 0.25) is 5.91 Å². The van der Waals surface area contributed by atoms with Crippen LogP contribution in [0.2, 0.25) is 0 Å². The molecule has 2 N–H and O–H groups in total. The Labute approximate surface area is 122 Å². The van der Waals surface area contributed by atoms with E-state index >= 15 is 0 Å². The molecular weight excluding hydrogens is 275 g/mol. The first kappa shape index (κ1) is 15.4. The van der Waals surface area contributed by atoms with Crippen LogP contribution in [-0.2, 0) is 16.1 Å². The fraction of sp³-hybridized carbons (Fsp3) is 0.467. The standard InChI is InChI=1S/C15H19FN2O3/c1-21-15(20)12-5-2-10(8-13(12)16)9-17-7-6-14(19)18-11-3-4-11/h2,5,8,11,17H,3-4,6-7,9H2,1H3,(H,18,19). The molecule has 0 saturated heterocycles. The number of rotatable bonds is 7. The Morgan fingerprint density at radius 2 is 2.14 bits per heavy atom. The van der Waals surface area contributed by atoms with Crippen molar-refractivity contribution in [3.05, 3.63) is 35.1 Å². The monoisotopic (exact) mass is 294 g/mol. The van der Waals surface area contributed by atoms with Gasteiger partial charge in [-0.25, -0.2) is 9.18 Å². The van der Waals surface area contributed by atoms with Gasteiger partial charge in [0.15, 0.2) is 0 Å². The van der Waals surface area contributed by atoms with Crippen molar-refractivity contribution in [1.29, 1.82) is 0 Å². The minimum absolute atomic E-state index is 0.0391. The molecule has 0 heterocycles. The van der Waals surface area contributed by atoms with Gasteiger partial charge >= 0.3 is 5.97 Å². The minimum Gasteiger partial charge on any atom is -0.465 e. The average molecular weight is 294 g/mol. The number of ether oxygens (including phenoxy) is 1. The van der Waals surface area contributed by atoms with Crippen molar-refractivity contribution >= 4 is 11.9 Å². The van der Waals surface area contributed by atoms with Gasteiger partial charge in [0, 0.05) is 25.6 Å². The molecule has 0 aliphatic heterocycles. The van der Waals surface area contributed by atoms with Crippen molar-refractivity contribution < 1.29 is 18.7 Å². The van der Waals surface area contributed by atoms with Gasteiger partial charge in [-0.3, -0.25) is 4.79 Å². The Bertz CT molecular complexity index is 530. The van der Waals surface area contributed by atoms with Crippen LogP contribution < -0.4 is 10.6 Å².